The number of aromatic nitrogens is 2. The summed E-state index contributed by atoms with van der Waals surface area (Å²) in [5.41, 5.74) is 0. The van der Waals surface area contributed by atoms with E-state index in [0.29, 0.717) is 6.04 Å². The standard InChI is InChI=1S/C13H19N3OS/c1-10(2)15-11(9-17)8-16-6-5-14-13(16)12-4-3-7-18-12/h3-7,10-11,15,17H,8-9H2,1-2H3. The van der Waals surface area contributed by atoms with Crippen molar-refractivity contribution >= 4 is 11.3 Å². The highest BCUT2D eigenvalue weighted by Gasteiger charge is 2.13. The Hall–Kier alpha value is -1.17. The van der Waals surface area contributed by atoms with E-state index in [0.717, 1.165) is 17.2 Å². The third-order valence-electron chi connectivity index (χ3n) is 2.66. The van der Waals surface area contributed by atoms with Crippen LogP contribution in [0.4, 0.5) is 0 Å². The summed E-state index contributed by atoms with van der Waals surface area (Å²) >= 11 is 1.68. The summed E-state index contributed by atoms with van der Waals surface area (Å²) in [4.78, 5) is 5.54. The Labute approximate surface area is 111 Å². The average Bonchev–Trinajstić information content (AvgIpc) is 2.96. The maximum absolute atomic E-state index is 9.40. The zero-order valence-corrected chi connectivity index (χ0v) is 11.5. The predicted molar refractivity (Wildman–Crippen MR) is 74.7 cm³/mol. The Morgan fingerprint density at radius 2 is 2.33 bits per heavy atom. The van der Waals surface area contributed by atoms with Gasteiger partial charge in [0.2, 0.25) is 0 Å². The van der Waals surface area contributed by atoms with Crippen LogP contribution in [0.25, 0.3) is 10.7 Å². The summed E-state index contributed by atoms with van der Waals surface area (Å²) < 4.78 is 2.09. The topological polar surface area (TPSA) is 50.1 Å². The molecule has 0 fully saturated rings. The Kier molecular flexibility index (Phi) is 4.52. The van der Waals surface area contributed by atoms with Gasteiger partial charge in [-0.05, 0) is 11.4 Å². The van der Waals surface area contributed by atoms with Gasteiger partial charge >= 0.3 is 0 Å². The van der Waals surface area contributed by atoms with Gasteiger partial charge in [-0.3, -0.25) is 0 Å². The van der Waals surface area contributed by atoms with Crippen molar-refractivity contribution in [3.8, 4) is 10.7 Å². The highest BCUT2D eigenvalue weighted by molar-refractivity contribution is 7.13. The molecule has 0 aliphatic rings. The van der Waals surface area contributed by atoms with Crippen molar-refractivity contribution in [3.63, 3.8) is 0 Å². The second-order valence-corrected chi connectivity index (χ2v) is 5.53. The van der Waals surface area contributed by atoms with Gasteiger partial charge in [-0.15, -0.1) is 11.3 Å². The molecule has 98 valence electrons. The fourth-order valence-corrected chi connectivity index (χ4v) is 2.70. The lowest BCUT2D eigenvalue weighted by Crippen LogP contribution is -2.40. The Balaban J connectivity index is 2.12. The van der Waals surface area contributed by atoms with Crippen LogP contribution in [-0.2, 0) is 6.54 Å². The molecule has 5 heteroatoms. The Bertz CT molecular complexity index is 464. The fourth-order valence-electron chi connectivity index (χ4n) is 1.96. The number of thiophene rings is 1. The molecule has 0 radical (unpaired) electrons. The third kappa shape index (κ3) is 3.19. The van der Waals surface area contributed by atoms with Crippen LogP contribution in [0, 0.1) is 0 Å². The van der Waals surface area contributed by atoms with E-state index in [2.05, 4.69) is 34.8 Å². The first-order valence-corrected chi connectivity index (χ1v) is 7.00. The zero-order valence-electron chi connectivity index (χ0n) is 10.7. The Morgan fingerprint density at radius 3 is 2.94 bits per heavy atom. The van der Waals surface area contributed by atoms with Crippen molar-refractivity contribution in [2.45, 2.75) is 32.5 Å². The summed E-state index contributed by atoms with van der Waals surface area (Å²) in [6, 6.07) is 4.50. The molecule has 2 aromatic heterocycles. The smallest absolute Gasteiger partial charge is 0.150 e. The number of imidazole rings is 1. The van der Waals surface area contributed by atoms with E-state index in [-0.39, 0.29) is 12.6 Å². The number of aliphatic hydroxyl groups excluding tert-OH is 1. The van der Waals surface area contributed by atoms with E-state index in [1.54, 1.807) is 17.5 Å². The molecule has 1 unspecified atom stereocenters. The molecule has 0 spiro atoms. The molecule has 18 heavy (non-hydrogen) atoms. The first-order valence-electron chi connectivity index (χ1n) is 6.12. The van der Waals surface area contributed by atoms with Crippen molar-refractivity contribution in [2.75, 3.05) is 6.61 Å². The number of hydrogen-bond acceptors (Lipinski definition) is 4. The van der Waals surface area contributed by atoms with Crippen LogP contribution in [0.1, 0.15) is 13.8 Å². The molecule has 0 saturated heterocycles. The van der Waals surface area contributed by atoms with E-state index < -0.39 is 0 Å². The SMILES string of the molecule is CC(C)NC(CO)Cn1ccnc1-c1cccs1. The van der Waals surface area contributed by atoms with Crippen molar-refractivity contribution in [1.82, 2.24) is 14.9 Å². The van der Waals surface area contributed by atoms with E-state index in [4.69, 9.17) is 0 Å². The van der Waals surface area contributed by atoms with Crippen molar-refractivity contribution in [1.29, 1.82) is 0 Å². The first kappa shape index (κ1) is 13.3. The van der Waals surface area contributed by atoms with Gasteiger partial charge in [0, 0.05) is 31.0 Å². The minimum atomic E-state index is 0.0536. The quantitative estimate of drug-likeness (QED) is 0.839. The van der Waals surface area contributed by atoms with E-state index in [1.807, 2.05) is 17.6 Å². The van der Waals surface area contributed by atoms with E-state index in [9.17, 15) is 5.11 Å². The summed E-state index contributed by atoms with van der Waals surface area (Å²) in [6.07, 6.45) is 3.76. The first-order chi connectivity index (χ1) is 8.70. The minimum absolute atomic E-state index is 0.0536. The molecular formula is C13H19N3OS. The van der Waals surface area contributed by atoms with Gasteiger partial charge in [-0.2, -0.15) is 0 Å². The third-order valence-corrected chi connectivity index (χ3v) is 3.53. The lowest BCUT2D eigenvalue weighted by Gasteiger charge is -2.20. The second-order valence-electron chi connectivity index (χ2n) is 4.58. The van der Waals surface area contributed by atoms with E-state index >= 15 is 0 Å². The molecule has 2 aromatic rings. The predicted octanol–water partition coefficient (Wildman–Crippen LogP) is 1.97. The van der Waals surface area contributed by atoms with Gasteiger partial charge < -0.3 is 15.0 Å². The van der Waals surface area contributed by atoms with E-state index in [1.165, 1.54) is 0 Å². The molecular weight excluding hydrogens is 246 g/mol. The maximum Gasteiger partial charge on any atom is 0.150 e. The van der Waals surface area contributed by atoms with Gasteiger partial charge in [-0.25, -0.2) is 4.98 Å². The van der Waals surface area contributed by atoms with Gasteiger partial charge in [0.05, 0.1) is 11.5 Å². The zero-order chi connectivity index (χ0) is 13.0. The normalized spacial score (nSPS) is 13.1. The van der Waals surface area contributed by atoms with Crippen LogP contribution in [0.3, 0.4) is 0 Å². The van der Waals surface area contributed by atoms with Gasteiger partial charge in [0.15, 0.2) is 0 Å². The highest BCUT2D eigenvalue weighted by Crippen LogP contribution is 2.22. The van der Waals surface area contributed by atoms with Crippen LogP contribution in [-0.4, -0.2) is 33.3 Å². The summed E-state index contributed by atoms with van der Waals surface area (Å²) in [5, 5.41) is 14.8. The summed E-state index contributed by atoms with van der Waals surface area (Å²) in [6.45, 7) is 5.01. The van der Waals surface area contributed by atoms with Gasteiger partial charge in [0.1, 0.15) is 5.82 Å². The number of nitrogens with zero attached hydrogens (tertiary/aromatic N) is 2. The number of nitrogens with one attached hydrogen (secondary N) is 1. The summed E-state index contributed by atoms with van der Waals surface area (Å²) in [5.74, 6) is 0.967. The Morgan fingerprint density at radius 1 is 1.50 bits per heavy atom. The minimum Gasteiger partial charge on any atom is -0.395 e. The largest absolute Gasteiger partial charge is 0.395 e. The molecule has 0 aliphatic carbocycles. The molecule has 0 saturated carbocycles. The lowest BCUT2D eigenvalue weighted by atomic mass is 10.2. The number of aliphatic hydroxyl groups is 1. The number of rotatable bonds is 6. The molecule has 2 heterocycles. The average molecular weight is 265 g/mol. The van der Waals surface area contributed by atoms with Crippen LogP contribution < -0.4 is 5.32 Å². The van der Waals surface area contributed by atoms with Crippen molar-refractivity contribution in [2.24, 2.45) is 0 Å². The lowest BCUT2D eigenvalue weighted by molar-refractivity contribution is 0.222. The van der Waals surface area contributed by atoms with Crippen LogP contribution in [0.5, 0.6) is 0 Å². The van der Waals surface area contributed by atoms with Gasteiger partial charge in [-0.1, -0.05) is 19.9 Å². The maximum atomic E-state index is 9.40. The number of hydrogen-bond donors (Lipinski definition) is 2. The molecule has 1 atom stereocenters. The highest BCUT2D eigenvalue weighted by atomic mass is 32.1. The van der Waals surface area contributed by atoms with Crippen LogP contribution in [0.15, 0.2) is 29.9 Å². The fraction of sp³-hybridized carbons (Fsp3) is 0.462. The van der Waals surface area contributed by atoms with Crippen molar-refractivity contribution < 1.29 is 5.11 Å². The summed E-state index contributed by atoms with van der Waals surface area (Å²) in [7, 11) is 0. The second kappa shape index (κ2) is 6.13. The molecule has 0 aromatic carbocycles. The molecule has 4 nitrogen and oxygen atoms in total. The van der Waals surface area contributed by atoms with Crippen LogP contribution in [0.2, 0.25) is 0 Å². The molecule has 0 aliphatic heterocycles. The molecule has 0 amide bonds. The molecule has 2 N–H and O–H groups in total. The molecule has 0 bridgehead atoms. The van der Waals surface area contributed by atoms with Crippen molar-refractivity contribution in [3.05, 3.63) is 29.9 Å². The monoisotopic (exact) mass is 265 g/mol. The van der Waals surface area contributed by atoms with Crippen LogP contribution >= 0.6 is 11.3 Å². The van der Waals surface area contributed by atoms with Gasteiger partial charge in [0.25, 0.3) is 0 Å². The molecule has 2 rings (SSSR count).